The first-order valence-electron chi connectivity index (χ1n) is 47.1. The van der Waals surface area contributed by atoms with E-state index >= 15 is 0 Å². The maximum Gasteiger partial charge on any atom is 0.472 e. The third-order valence-electron chi connectivity index (χ3n) is 20.0. The molecule has 0 saturated carbocycles. The molecule has 0 aromatic rings. The van der Waals surface area contributed by atoms with Crippen molar-refractivity contribution in [3.05, 3.63) is 146 Å². The van der Waals surface area contributed by atoms with Gasteiger partial charge in [-0.15, -0.1) is 0 Å². The van der Waals surface area contributed by atoms with Crippen LogP contribution in [-0.4, -0.2) is 95.9 Å². The first-order chi connectivity index (χ1) is 57.2. The topological polar surface area (TPSA) is 231 Å². The molecule has 0 amide bonds. The van der Waals surface area contributed by atoms with E-state index in [1.807, 2.05) is 0 Å². The molecule has 5 unspecified atom stereocenters. The first kappa shape index (κ1) is 112. The fourth-order valence-electron chi connectivity index (χ4n) is 12.9. The van der Waals surface area contributed by atoms with Crippen LogP contribution in [0.5, 0.6) is 0 Å². The Kier molecular flexibility index (Phi) is 87.1. The van der Waals surface area contributed by atoms with Crippen molar-refractivity contribution in [1.29, 1.82) is 0 Å². The zero-order valence-corrected chi connectivity index (χ0v) is 76.1. The number of unbranched alkanes of at least 4 members (excludes halogenated alkanes) is 42. The molecule has 0 spiro atoms. The minimum absolute atomic E-state index is 0.0886. The molecule has 674 valence electrons. The Morgan fingerprint density at radius 3 is 0.718 bits per heavy atom. The molecular formula is C99H172O16P2. The summed E-state index contributed by atoms with van der Waals surface area (Å²) >= 11 is 0. The number of ether oxygens (including phenoxy) is 3. The summed E-state index contributed by atoms with van der Waals surface area (Å²) in [5, 5.41) is 20.7. The van der Waals surface area contributed by atoms with E-state index in [0.29, 0.717) is 19.3 Å². The molecule has 0 bridgehead atoms. The highest BCUT2D eigenvalue weighted by atomic mass is 31.2. The zero-order chi connectivity index (χ0) is 85.1. The van der Waals surface area contributed by atoms with Crippen molar-refractivity contribution in [2.24, 2.45) is 0 Å². The van der Waals surface area contributed by atoms with Crippen LogP contribution in [-0.2, 0) is 55.8 Å². The number of carbonyl (C=O) groups is 3. The minimum Gasteiger partial charge on any atom is -0.463 e. The van der Waals surface area contributed by atoms with E-state index in [1.54, 1.807) is 0 Å². The van der Waals surface area contributed by atoms with Gasteiger partial charge in [-0.05, 0) is 148 Å². The zero-order valence-electron chi connectivity index (χ0n) is 74.3. The molecule has 0 saturated heterocycles. The Morgan fingerprint density at radius 2 is 0.453 bits per heavy atom. The van der Waals surface area contributed by atoms with Crippen LogP contribution in [0, 0.1) is 0 Å². The SMILES string of the molecule is CC/C=C\C/C=C\C/C=C\C/C=C\C/C=C\CCCCCCCCCCCCCCCCCCCC(=O)OCC(O)COP(=O)(O)OCC(O)COP(=O)(O)OCC(COC(=O)CCCCCCCCCCCCCCC/C=C\C/C=C\C/C=C\C/C=C\CCCCC)OC(=O)CCCCCCCC/C=C\C/C=C\C/C=C\CCCCC. The highest BCUT2D eigenvalue weighted by Gasteiger charge is 2.30. The standard InChI is InChI=1S/C99H172O16P2/c1-4-7-10-13-16-19-22-25-28-31-34-36-38-40-42-44-45-46-47-49-51-52-54-56-59-61-64-67-70-73-76-79-82-85-97(102)109-88-94(100)89-111-116(105,106)112-90-95(101)91-113-117(107,108)114-93-96(115-99(104)87-84-81-78-75-72-69-66-63-58-33-30-27-24-21-18-15-12-9-6-3)92-110-98(103)86-83-80-77-74-71-68-65-62-60-57-55-53-50-48-43-41-39-37-35-32-29-26-23-20-17-14-11-8-5-2/h7,10,16-21,25-30,34-37,40-43,58,63,94-96,100-101H,4-6,8-9,11-15,22-24,31-33,38-39,44-57,59-62,64-93H2,1-3H3,(H,105,106)(H,107,108)/b10-7-,19-16-,20-17-,21-18-,28-25-,29-26-,30-27-,36-34-,37-35-,42-40-,43-41-,63-58-. The number of aliphatic hydroxyl groups is 2. The van der Waals surface area contributed by atoms with Crippen molar-refractivity contribution in [2.75, 3.05) is 39.6 Å². The number of allylic oxidation sites excluding steroid dienone is 24. The van der Waals surface area contributed by atoms with E-state index in [-0.39, 0.29) is 19.3 Å². The fraction of sp³-hybridized carbons (Fsp3) is 0.727. The molecule has 0 aromatic heterocycles. The highest BCUT2D eigenvalue weighted by Crippen LogP contribution is 2.45. The van der Waals surface area contributed by atoms with Crippen molar-refractivity contribution >= 4 is 33.6 Å². The number of esters is 3. The molecule has 0 aliphatic heterocycles. The first-order valence-corrected chi connectivity index (χ1v) is 50.1. The molecule has 0 rings (SSSR count). The number of aliphatic hydroxyl groups excluding tert-OH is 2. The third-order valence-corrected chi connectivity index (χ3v) is 21.9. The quantitative estimate of drug-likeness (QED) is 0.0146. The number of hydrogen-bond donors (Lipinski definition) is 4. The van der Waals surface area contributed by atoms with Crippen molar-refractivity contribution in [2.45, 2.75) is 424 Å². The van der Waals surface area contributed by atoms with Crippen LogP contribution in [0.1, 0.15) is 406 Å². The van der Waals surface area contributed by atoms with Crippen molar-refractivity contribution in [1.82, 2.24) is 0 Å². The summed E-state index contributed by atoms with van der Waals surface area (Å²) in [7, 11) is -9.81. The van der Waals surface area contributed by atoms with E-state index in [1.165, 1.54) is 186 Å². The molecule has 0 radical (unpaired) electrons. The Labute approximate surface area is 715 Å². The summed E-state index contributed by atoms with van der Waals surface area (Å²) < 4.78 is 61.5. The van der Waals surface area contributed by atoms with Gasteiger partial charge in [-0.2, -0.15) is 0 Å². The minimum atomic E-state index is -4.94. The van der Waals surface area contributed by atoms with E-state index in [2.05, 4.69) is 167 Å². The monoisotopic (exact) mass is 1680 g/mol. The molecule has 18 heteroatoms. The van der Waals surface area contributed by atoms with Gasteiger partial charge >= 0.3 is 33.6 Å². The average Bonchev–Trinajstić information content (AvgIpc) is 0.901. The van der Waals surface area contributed by atoms with Gasteiger partial charge in [0.15, 0.2) is 6.10 Å². The third kappa shape index (κ3) is 92.0. The number of carbonyl (C=O) groups excluding carboxylic acids is 3. The molecule has 0 aliphatic carbocycles. The van der Waals surface area contributed by atoms with Gasteiger partial charge in [0.25, 0.3) is 0 Å². The van der Waals surface area contributed by atoms with E-state index in [4.69, 9.17) is 32.3 Å². The Bertz CT molecular complexity index is 2710. The normalized spacial score (nSPS) is 14.4. The second kappa shape index (κ2) is 90.7. The average molecular weight is 1680 g/mol. The molecule has 0 fully saturated rings. The molecule has 0 aliphatic rings. The van der Waals surface area contributed by atoms with E-state index in [9.17, 15) is 43.5 Å². The Morgan fingerprint density at radius 1 is 0.248 bits per heavy atom. The van der Waals surface area contributed by atoms with Crippen LogP contribution in [0.2, 0.25) is 0 Å². The fourth-order valence-corrected chi connectivity index (χ4v) is 14.5. The van der Waals surface area contributed by atoms with Gasteiger partial charge in [0.1, 0.15) is 25.4 Å². The number of phosphoric ester groups is 2. The molecule has 5 atom stereocenters. The van der Waals surface area contributed by atoms with Crippen LogP contribution in [0.15, 0.2) is 146 Å². The van der Waals surface area contributed by atoms with Gasteiger partial charge < -0.3 is 34.2 Å². The van der Waals surface area contributed by atoms with Crippen molar-refractivity contribution in [3.63, 3.8) is 0 Å². The lowest BCUT2D eigenvalue weighted by Gasteiger charge is -2.21. The van der Waals surface area contributed by atoms with Crippen LogP contribution in [0.3, 0.4) is 0 Å². The van der Waals surface area contributed by atoms with Gasteiger partial charge in [0, 0.05) is 19.3 Å². The summed E-state index contributed by atoms with van der Waals surface area (Å²) in [5.74, 6) is -1.58. The van der Waals surface area contributed by atoms with Crippen molar-refractivity contribution < 1.29 is 75.8 Å². The molecular weight excluding hydrogens is 1510 g/mol. The summed E-state index contributed by atoms with van der Waals surface area (Å²) in [6.45, 7) is 2.56. The van der Waals surface area contributed by atoms with Gasteiger partial charge in [-0.1, -0.05) is 385 Å². The molecule has 16 nitrogen and oxygen atoms in total. The smallest absolute Gasteiger partial charge is 0.463 e. The maximum absolute atomic E-state index is 13.1. The molecule has 0 aromatic carbocycles. The lowest BCUT2D eigenvalue weighted by atomic mass is 10.0. The largest absolute Gasteiger partial charge is 0.472 e. The molecule has 4 N–H and O–H groups in total. The summed E-state index contributed by atoms with van der Waals surface area (Å²) in [5.41, 5.74) is 0. The van der Waals surface area contributed by atoms with Crippen LogP contribution >= 0.6 is 15.6 Å². The Balaban J connectivity index is 4.53. The number of hydrogen-bond acceptors (Lipinski definition) is 14. The van der Waals surface area contributed by atoms with E-state index in [0.717, 1.165) is 161 Å². The van der Waals surface area contributed by atoms with Crippen LogP contribution in [0.4, 0.5) is 0 Å². The lowest BCUT2D eigenvalue weighted by molar-refractivity contribution is -0.161. The van der Waals surface area contributed by atoms with Crippen LogP contribution < -0.4 is 0 Å². The van der Waals surface area contributed by atoms with Gasteiger partial charge in [0.2, 0.25) is 0 Å². The summed E-state index contributed by atoms with van der Waals surface area (Å²) in [6, 6.07) is 0. The van der Waals surface area contributed by atoms with Crippen LogP contribution in [0.25, 0.3) is 0 Å². The predicted octanol–water partition coefficient (Wildman–Crippen LogP) is 29.1. The summed E-state index contributed by atoms with van der Waals surface area (Å²) in [4.78, 5) is 59.0. The maximum atomic E-state index is 13.1. The van der Waals surface area contributed by atoms with Gasteiger partial charge in [-0.25, -0.2) is 9.13 Å². The van der Waals surface area contributed by atoms with E-state index < -0.39 is 91.5 Å². The Hall–Kier alpha value is -4.57. The summed E-state index contributed by atoms with van der Waals surface area (Å²) in [6.07, 6.45) is 115. The molecule has 0 heterocycles. The van der Waals surface area contributed by atoms with Gasteiger partial charge in [-0.3, -0.25) is 32.5 Å². The predicted molar refractivity (Wildman–Crippen MR) is 491 cm³/mol. The van der Waals surface area contributed by atoms with Crippen molar-refractivity contribution in [3.8, 4) is 0 Å². The van der Waals surface area contributed by atoms with Gasteiger partial charge in [0.05, 0.1) is 26.4 Å². The lowest BCUT2D eigenvalue weighted by Crippen LogP contribution is -2.30. The number of rotatable bonds is 89. The molecule has 117 heavy (non-hydrogen) atoms. The second-order valence-corrected chi connectivity index (χ2v) is 34.3. The highest BCUT2D eigenvalue weighted by molar-refractivity contribution is 7.47. The number of phosphoric acid groups is 2. The second-order valence-electron chi connectivity index (χ2n) is 31.4.